The predicted molar refractivity (Wildman–Crippen MR) is 129 cm³/mol. The summed E-state index contributed by atoms with van der Waals surface area (Å²) in [6, 6.07) is 13.9. The molecule has 2 heterocycles. The Morgan fingerprint density at radius 2 is 2.07 bits per heavy atom. The highest BCUT2D eigenvalue weighted by molar-refractivity contribution is 8.57. The summed E-state index contributed by atoms with van der Waals surface area (Å²) < 4.78 is 2.00. The van der Waals surface area contributed by atoms with Crippen molar-refractivity contribution in [1.82, 2.24) is 15.0 Å². The molecule has 0 spiro atoms. The molecule has 0 saturated heterocycles. The van der Waals surface area contributed by atoms with Gasteiger partial charge in [0.15, 0.2) is 10.8 Å². The normalized spacial score (nSPS) is 17.1. The zero-order valence-electron chi connectivity index (χ0n) is 18.1. The minimum atomic E-state index is -0.399. The molecule has 2 aromatic carbocycles. The number of aromatic nitrogens is 3. The zero-order valence-corrected chi connectivity index (χ0v) is 19.9. The van der Waals surface area contributed by atoms with Crippen LogP contribution in [0.4, 0.5) is 5.82 Å². The van der Waals surface area contributed by atoms with E-state index in [0.717, 1.165) is 29.7 Å². The maximum Gasteiger partial charge on any atom is 0.167 e. The third-order valence-corrected chi connectivity index (χ3v) is 10.3. The smallest absolute Gasteiger partial charge is 0.167 e. The van der Waals surface area contributed by atoms with E-state index in [2.05, 4.69) is 79.5 Å². The van der Waals surface area contributed by atoms with E-state index in [9.17, 15) is 0 Å². The number of aryl methyl sites for hydroxylation is 1. The van der Waals surface area contributed by atoms with Crippen molar-refractivity contribution in [3.63, 3.8) is 0 Å². The molecular weight excluding hydrogens is 407 g/mol. The van der Waals surface area contributed by atoms with Gasteiger partial charge in [-0.3, -0.25) is 0 Å². The van der Waals surface area contributed by atoms with Gasteiger partial charge < -0.3 is 5.32 Å². The van der Waals surface area contributed by atoms with Gasteiger partial charge in [-0.2, -0.15) is 4.68 Å². The number of rotatable bonds is 6. The minimum absolute atomic E-state index is 0.399. The summed E-state index contributed by atoms with van der Waals surface area (Å²) in [5.41, 5.74) is 6.75. The van der Waals surface area contributed by atoms with Crippen molar-refractivity contribution < 1.29 is 0 Å². The molecule has 2 unspecified atom stereocenters. The van der Waals surface area contributed by atoms with Gasteiger partial charge in [-0.15, -0.1) is 5.10 Å². The molecule has 1 aliphatic heterocycles. The maximum absolute atomic E-state index is 4.57. The molecule has 0 radical (unpaired) electrons. The van der Waals surface area contributed by atoms with Gasteiger partial charge in [0.05, 0.1) is 5.69 Å². The highest BCUT2D eigenvalue weighted by Crippen LogP contribution is 2.52. The molecule has 6 heteroatoms. The van der Waals surface area contributed by atoms with Crippen LogP contribution in [0, 0.1) is 6.92 Å². The first-order valence-electron chi connectivity index (χ1n) is 10.9. The van der Waals surface area contributed by atoms with Crippen LogP contribution in [0.1, 0.15) is 67.2 Å². The van der Waals surface area contributed by atoms with Gasteiger partial charge >= 0.3 is 0 Å². The molecular formula is C24H29N4PS. The lowest BCUT2D eigenvalue weighted by Gasteiger charge is -2.22. The highest BCUT2D eigenvalue weighted by Gasteiger charge is 2.26. The van der Waals surface area contributed by atoms with Crippen LogP contribution in [0.3, 0.4) is 0 Å². The van der Waals surface area contributed by atoms with E-state index < -0.39 is 7.12 Å². The second-order valence-electron chi connectivity index (χ2n) is 8.61. The second-order valence-corrected chi connectivity index (χ2v) is 12.9. The molecule has 3 aromatic rings. The molecule has 1 fully saturated rings. The molecule has 1 N–H and O–H groups in total. The van der Waals surface area contributed by atoms with Crippen molar-refractivity contribution in [2.45, 2.75) is 63.4 Å². The van der Waals surface area contributed by atoms with E-state index in [4.69, 9.17) is 0 Å². The number of hydrogen-bond donors (Lipinski definition) is 1. The van der Waals surface area contributed by atoms with E-state index in [-0.39, 0.29) is 0 Å². The van der Waals surface area contributed by atoms with Crippen LogP contribution in [-0.4, -0.2) is 21.7 Å². The number of nitrogens with one attached hydrogen (secondary N) is 1. The highest BCUT2D eigenvalue weighted by atomic mass is 32.7. The fourth-order valence-electron chi connectivity index (χ4n) is 4.18. The van der Waals surface area contributed by atoms with E-state index in [1.165, 1.54) is 46.1 Å². The number of fused-ring (bicyclic) bond motifs is 3. The maximum atomic E-state index is 4.57. The summed E-state index contributed by atoms with van der Waals surface area (Å²) in [4.78, 5) is 0. The average molecular weight is 437 g/mol. The van der Waals surface area contributed by atoms with Crippen molar-refractivity contribution in [2.24, 2.45) is 0 Å². The molecule has 1 aromatic heterocycles. The summed E-state index contributed by atoms with van der Waals surface area (Å²) in [6.07, 6.45) is 3.85. The lowest BCUT2D eigenvalue weighted by Crippen LogP contribution is -2.16. The summed E-state index contributed by atoms with van der Waals surface area (Å²) in [5, 5.41) is 15.1. The van der Waals surface area contributed by atoms with Crippen LogP contribution in [0.15, 0.2) is 41.4 Å². The van der Waals surface area contributed by atoms with Crippen LogP contribution in [0.5, 0.6) is 0 Å². The van der Waals surface area contributed by atoms with Crippen LogP contribution < -0.4 is 10.6 Å². The topological polar surface area (TPSA) is 42.7 Å². The zero-order chi connectivity index (χ0) is 20.8. The fraction of sp³-hybridized carbons (Fsp3) is 0.417. The molecule has 2 atom stereocenters. The Bertz CT molecular complexity index is 1090. The molecule has 1 aliphatic carbocycles. The van der Waals surface area contributed by atoms with Crippen LogP contribution in [-0.2, 0) is 6.54 Å². The predicted octanol–water partition coefficient (Wildman–Crippen LogP) is 6.34. The standard InChI is InChI=1S/C24H29N4PS/c1-5-15(2)18-8-9-20-14-25-23-24(26-27-28(23)21(20)13-18)30-29(4)22-11-10-19(12-16(22)3)17-6-7-17/h8-13,15,17,25H,5-7,14H2,1-4H3. The largest absolute Gasteiger partial charge is 0.363 e. The first kappa shape index (κ1) is 20.1. The quantitative estimate of drug-likeness (QED) is 0.458. The van der Waals surface area contributed by atoms with Crippen LogP contribution in [0.25, 0.3) is 5.69 Å². The Hall–Kier alpha value is -1.84. The van der Waals surface area contributed by atoms with Gasteiger partial charge in [0.25, 0.3) is 0 Å². The first-order chi connectivity index (χ1) is 14.5. The molecule has 1 saturated carbocycles. The third kappa shape index (κ3) is 3.67. The monoisotopic (exact) mass is 436 g/mol. The van der Waals surface area contributed by atoms with E-state index in [0.29, 0.717) is 5.92 Å². The Balaban J connectivity index is 1.41. The molecule has 5 rings (SSSR count). The number of anilines is 1. The van der Waals surface area contributed by atoms with Crippen molar-refractivity contribution in [3.8, 4) is 5.69 Å². The van der Waals surface area contributed by atoms with Crippen molar-refractivity contribution in [1.29, 1.82) is 0 Å². The van der Waals surface area contributed by atoms with E-state index >= 15 is 0 Å². The third-order valence-electron chi connectivity index (χ3n) is 6.44. The second kappa shape index (κ2) is 8.01. The Labute approximate surface area is 184 Å². The van der Waals surface area contributed by atoms with Crippen LogP contribution >= 0.6 is 18.5 Å². The van der Waals surface area contributed by atoms with Crippen molar-refractivity contribution in [2.75, 3.05) is 12.0 Å². The van der Waals surface area contributed by atoms with Crippen molar-refractivity contribution >= 4 is 29.6 Å². The summed E-state index contributed by atoms with van der Waals surface area (Å²) >= 11 is 1.86. The molecule has 2 aliphatic rings. The summed E-state index contributed by atoms with van der Waals surface area (Å²) in [6.45, 7) is 9.94. The fourth-order valence-corrected chi connectivity index (χ4v) is 7.76. The molecule has 0 amide bonds. The number of hydrogen-bond acceptors (Lipinski definition) is 4. The summed E-state index contributed by atoms with van der Waals surface area (Å²) in [5.74, 6) is 2.40. The Morgan fingerprint density at radius 3 is 2.80 bits per heavy atom. The molecule has 156 valence electrons. The molecule has 4 nitrogen and oxygen atoms in total. The number of benzene rings is 2. The van der Waals surface area contributed by atoms with E-state index in [1.807, 2.05) is 16.1 Å². The Kier molecular flexibility index (Phi) is 5.37. The van der Waals surface area contributed by atoms with Gasteiger partial charge in [-0.1, -0.05) is 60.8 Å². The van der Waals surface area contributed by atoms with Gasteiger partial charge in [0.1, 0.15) is 0 Å². The van der Waals surface area contributed by atoms with Crippen molar-refractivity contribution in [3.05, 3.63) is 58.7 Å². The van der Waals surface area contributed by atoms with Gasteiger partial charge in [0.2, 0.25) is 0 Å². The van der Waals surface area contributed by atoms with Gasteiger partial charge in [-0.25, -0.2) is 0 Å². The summed E-state index contributed by atoms with van der Waals surface area (Å²) in [7, 11) is -0.399. The SMILES string of the molecule is CCC(C)c1ccc2c(c1)-n1nnc(SP(C)c3ccc(C4CC4)cc3C)c1NC2. The first-order valence-corrected chi connectivity index (χ1v) is 14.1. The van der Waals surface area contributed by atoms with Crippen LogP contribution in [0.2, 0.25) is 0 Å². The molecule has 30 heavy (non-hydrogen) atoms. The van der Waals surface area contributed by atoms with E-state index in [1.54, 1.807) is 0 Å². The molecule has 0 bridgehead atoms. The average Bonchev–Trinajstić information content (AvgIpc) is 3.53. The minimum Gasteiger partial charge on any atom is -0.363 e. The van der Waals surface area contributed by atoms with Gasteiger partial charge in [0, 0.05) is 6.54 Å². The Morgan fingerprint density at radius 1 is 1.23 bits per heavy atom. The van der Waals surface area contributed by atoms with Gasteiger partial charge in [-0.05, 0) is 85.4 Å². The lowest BCUT2D eigenvalue weighted by molar-refractivity contribution is 0.724. The lowest BCUT2D eigenvalue weighted by atomic mass is 9.96. The number of nitrogens with zero attached hydrogens (tertiary/aromatic N) is 3.